The Morgan fingerprint density at radius 2 is 1.59 bits per heavy atom. The summed E-state index contributed by atoms with van der Waals surface area (Å²) in [5.41, 5.74) is 0.849. The molecule has 0 aliphatic carbocycles. The summed E-state index contributed by atoms with van der Waals surface area (Å²) < 4.78 is 5.19. The number of ether oxygens (including phenoxy) is 1. The van der Waals surface area contributed by atoms with Crippen LogP contribution in [-0.4, -0.2) is 29.0 Å². The Morgan fingerprint density at radius 3 is 2.11 bits per heavy atom. The first kappa shape index (κ1) is 22.7. The number of rotatable bonds is 11. The zero-order chi connectivity index (χ0) is 20.4. The Hall–Kier alpha value is -2.37. The standard InChI is InChI=1S/C21H31NO5/c1-14(2)10-17(20(24)25)12-19(23)18(11-15(3)4)22-21(26)27-13-16-8-6-5-7-9-16/h5-9,14-15,17-18H,10-13H2,1-4H3,(H,22,26)(H,24,25). The van der Waals surface area contributed by atoms with Gasteiger partial charge < -0.3 is 15.2 Å². The topological polar surface area (TPSA) is 92.7 Å². The molecule has 0 radical (unpaired) electrons. The molecule has 0 heterocycles. The van der Waals surface area contributed by atoms with Crippen LogP contribution < -0.4 is 5.32 Å². The molecule has 2 atom stereocenters. The van der Waals surface area contributed by atoms with Crippen LogP contribution in [0.5, 0.6) is 0 Å². The predicted octanol–water partition coefficient (Wildman–Crippen LogP) is 4.03. The Bertz CT molecular complexity index is 612. The van der Waals surface area contributed by atoms with Crippen LogP contribution in [0.15, 0.2) is 30.3 Å². The smallest absolute Gasteiger partial charge is 0.408 e. The zero-order valence-electron chi connectivity index (χ0n) is 16.6. The van der Waals surface area contributed by atoms with Crippen molar-refractivity contribution in [3.8, 4) is 0 Å². The maximum Gasteiger partial charge on any atom is 0.408 e. The normalized spacial score (nSPS) is 13.3. The molecule has 6 heteroatoms. The molecule has 0 saturated heterocycles. The van der Waals surface area contributed by atoms with Crippen LogP contribution in [0.4, 0.5) is 4.79 Å². The van der Waals surface area contributed by atoms with Gasteiger partial charge >= 0.3 is 12.1 Å². The average molecular weight is 377 g/mol. The van der Waals surface area contributed by atoms with Gasteiger partial charge in [-0.05, 0) is 30.2 Å². The molecule has 0 saturated carbocycles. The third kappa shape index (κ3) is 9.22. The first-order chi connectivity index (χ1) is 12.7. The molecule has 27 heavy (non-hydrogen) atoms. The Morgan fingerprint density at radius 1 is 1.00 bits per heavy atom. The number of hydrogen-bond acceptors (Lipinski definition) is 4. The van der Waals surface area contributed by atoms with Gasteiger partial charge in [-0.25, -0.2) is 4.79 Å². The summed E-state index contributed by atoms with van der Waals surface area (Å²) in [4.78, 5) is 36.2. The van der Waals surface area contributed by atoms with E-state index in [1.165, 1.54) is 0 Å². The number of Topliss-reactive ketones (excluding diaryl/α,β-unsaturated/α-hetero) is 1. The molecule has 1 aromatic carbocycles. The van der Waals surface area contributed by atoms with Crippen LogP contribution in [0.25, 0.3) is 0 Å². The molecule has 2 N–H and O–H groups in total. The highest BCUT2D eigenvalue weighted by Crippen LogP contribution is 2.19. The van der Waals surface area contributed by atoms with E-state index >= 15 is 0 Å². The number of amides is 1. The molecule has 2 unspecified atom stereocenters. The number of carboxylic acids is 1. The molecule has 1 rings (SSSR count). The fraction of sp³-hybridized carbons (Fsp3) is 0.571. The van der Waals surface area contributed by atoms with Gasteiger partial charge in [-0.3, -0.25) is 9.59 Å². The molecule has 6 nitrogen and oxygen atoms in total. The largest absolute Gasteiger partial charge is 0.481 e. The second-order valence-electron chi connectivity index (χ2n) is 7.72. The predicted molar refractivity (Wildman–Crippen MR) is 103 cm³/mol. The minimum Gasteiger partial charge on any atom is -0.481 e. The number of carboxylic acid groups (broad SMARTS) is 1. The third-order valence-corrected chi connectivity index (χ3v) is 4.15. The summed E-state index contributed by atoms with van der Waals surface area (Å²) in [6.07, 6.45) is 0.0963. The molecule has 0 spiro atoms. The second-order valence-corrected chi connectivity index (χ2v) is 7.72. The molecule has 0 aliphatic heterocycles. The molecular formula is C21H31NO5. The second kappa shape index (κ2) is 11.4. The molecule has 1 aromatic rings. The number of hydrogen-bond donors (Lipinski definition) is 2. The van der Waals surface area contributed by atoms with Gasteiger partial charge in [0.1, 0.15) is 6.61 Å². The molecule has 1 amide bonds. The highest BCUT2D eigenvalue weighted by atomic mass is 16.5. The lowest BCUT2D eigenvalue weighted by molar-refractivity contribution is -0.144. The lowest BCUT2D eigenvalue weighted by Crippen LogP contribution is -2.43. The van der Waals surface area contributed by atoms with E-state index in [0.29, 0.717) is 12.8 Å². The number of carbonyl (C=O) groups excluding carboxylic acids is 2. The Labute approximate surface area is 161 Å². The van der Waals surface area contributed by atoms with Gasteiger partial charge in [-0.1, -0.05) is 58.0 Å². The van der Waals surface area contributed by atoms with Gasteiger partial charge in [-0.15, -0.1) is 0 Å². The number of alkyl carbamates (subject to hydrolysis) is 1. The highest BCUT2D eigenvalue weighted by molar-refractivity contribution is 5.90. The number of nitrogens with one attached hydrogen (secondary N) is 1. The van der Waals surface area contributed by atoms with Gasteiger partial charge in [0.2, 0.25) is 0 Å². The van der Waals surface area contributed by atoms with E-state index in [2.05, 4.69) is 5.32 Å². The first-order valence-electron chi connectivity index (χ1n) is 9.41. The van der Waals surface area contributed by atoms with Crippen molar-refractivity contribution in [1.82, 2.24) is 5.32 Å². The number of carbonyl (C=O) groups is 3. The number of ketones is 1. The van der Waals surface area contributed by atoms with Crippen molar-refractivity contribution in [2.24, 2.45) is 17.8 Å². The Kier molecular flexibility index (Phi) is 9.54. The zero-order valence-corrected chi connectivity index (χ0v) is 16.6. The number of aliphatic carboxylic acids is 1. The van der Waals surface area contributed by atoms with Gasteiger partial charge in [0.05, 0.1) is 12.0 Å². The summed E-state index contributed by atoms with van der Waals surface area (Å²) in [6, 6.07) is 8.50. The van der Waals surface area contributed by atoms with Crippen LogP contribution in [0.1, 0.15) is 52.5 Å². The SMILES string of the molecule is CC(C)CC(CC(=O)C(CC(C)C)NC(=O)OCc1ccccc1)C(=O)O. The molecular weight excluding hydrogens is 346 g/mol. The van der Waals surface area contributed by atoms with E-state index in [-0.39, 0.29) is 30.6 Å². The quantitative estimate of drug-likeness (QED) is 0.607. The first-order valence-corrected chi connectivity index (χ1v) is 9.41. The van der Waals surface area contributed by atoms with Crippen molar-refractivity contribution in [3.63, 3.8) is 0 Å². The summed E-state index contributed by atoms with van der Waals surface area (Å²) in [5, 5.41) is 12.0. The minimum atomic E-state index is -0.980. The minimum absolute atomic E-state index is 0.0934. The van der Waals surface area contributed by atoms with Gasteiger partial charge in [-0.2, -0.15) is 0 Å². The van der Waals surface area contributed by atoms with Gasteiger partial charge in [0.25, 0.3) is 0 Å². The van der Waals surface area contributed by atoms with E-state index in [4.69, 9.17) is 4.74 Å². The molecule has 0 aromatic heterocycles. The fourth-order valence-electron chi connectivity index (χ4n) is 2.87. The summed E-state index contributed by atoms with van der Waals surface area (Å²) in [5.74, 6) is -1.65. The fourth-order valence-corrected chi connectivity index (χ4v) is 2.87. The van der Waals surface area contributed by atoms with E-state index in [9.17, 15) is 19.5 Å². The van der Waals surface area contributed by atoms with Crippen molar-refractivity contribution < 1.29 is 24.2 Å². The van der Waals surface area contributed by atoms with E-state index in [0.717, 1.165) is 5.56 Å². The lowest BCUT2D eigenvalue weighted by Gasteiger charge is -2.22. The molecule has 0 aliphatic rings. The highest BCUT2D eigenvalue weighted by Gasteiger charge is 2.28. The lowest BCUT2D eigenvalue weighted by atomic mass is 9.89. The van der Waals surface area contributed by atoms with Crippen molar-refractivity contribution in [1.29, 1.82) is 0 Å². The maximum absolute atomic E-state index is 12.7. The van der Waals surface area contributed by atoms with Crippen molar-refractivity contribution in [3.05, 3.63) is 35.9 Å². The van der Waals surface area contributed by atoms with Crippen LogP contribution in [0.3, 0.4) is 0 Å². The van der Waals surface area contributed by atoms with Gasteiger partial charge in [0, 0.05) is 6.42 Å². The monoisotopic (exact) mass is 377 g/mol. The van der Waals surface area contributed by atoms with Crippen LogP contribution in [0.2, 0.25) is 0 Å². The van der Waals surface area contributed by atoms with E-state index < -0.39 is 24.0 Å². The van der Waals surface area contributed by atoms with E-state index in [1.807, 2.05) is 58.0 Å². The van der Waals surface area contributed by atoms with Crippen molar-refractivity contribution in [2.45, 2.75) is 59.6 Å². The van der Waals surface area contributed by atoms with Crippen LogP contribution >= 0.6 is 0 Å². The molecule has 150 valence electrons. The van der Waals surface area contributed by atoms with Crippen molar-refractivity contribution >= 4 is 17.8 Å². The van der Waals surface area contributed by atoms with Crippen molar-refractivity contribution in [2.75, 3.05) is 0 Å². The van der Waals surface area contributed by atoms with Crippen LogP contribution in [0, 0.1) is 17.8 Å². The molecule has 0 fully saturated rings. The maximum atomic E-state index is 12.7. The number of benzene rings is 1. The third-order valence-electron chi connectivity index (χ3n) is 4.15. The summed E-state index contributed by atoms with van der Waals surface area (Å²) >= 11 is 0. The Balaban J connectivity index is 2.68. The van der Waals surface area contributed by atoms with E-state index in [1.54, 1.807) is 0 Å². The van der Waals surface area contributed by atoms with Gasteiger partial charge in [0.15, 0.2) is 5.78 Å². The summed E-state index contributed by atoms with van der Waals surface area (Å²) in [7, 11) is 0. The summed E-state index contributed by atoms with van der Waals surface area (Å²) in [6.45, 7) is 7.84. The molecule has 0 bridgehead atoms. The average Bonchev–Trinajstić information content (AvgIpc) is 2.58. The van der Waals surface area contributed by atoms with Crippen LogP contribution in [-0.2, 0) is 20.9 Å².